The second-order valence-electron chi connectivity index (χ2n) is 4.14. The molecular weight excluding hydrogens is 302 g/mol. The molecule has 0 spiro atoms. The third-order valence-electron chi connectivity index (χ3n) is 2.55. The molecule has 7 heteroatoms. The predicted molar refractivity (Wildman–Crippen MR) is 90.9 cm³/mol. The van der Waals surface area contributed by atoms with E-state index in [0.29, 0.717) is 10.0 Å². The molecule has 1 heterocycles. The van der Waals surface area contributed by atoms with Crippen molar-refractivity contribution in [3.05, 3.63) is 60.2 Å². The summed E-state index contributed by atoms with van der Waals surface area (Å²) in [6.07, 6.45) is 4.72. The van der Waals surface area contributed by atoms with Gasteiger partial charge in [-0.05, 0) is 5.56 Å². The Morgan fingerprint density at radius 2 is 2.10 bits per heavy atom. The minimum atomic E-state index is 0.285. The van der Waals surface area contributed by atoms with Crippen molar-refractivity contribution >= 4 is 34.1 Å². The fraction of sp³-hybridized carbons (Fsp3) is 0.143. The molecule has 0 aliphatic carbocycles. The van der Waals surface area contributed by atoms with Crippen LogP contribution in [0.1, 0.15) is 11.3 Å². The van der Waals surface area contributed by atoms with Crippen molar-refractivity contribution < 1.29 is 0 Å². The summed E-state index contributed by atoms with van der Waals surface area (Å²) in [6.45, 7) is 0. The number of hydrazone groups is 1. The highest BCUT2D eigenvalue weighted by Gasteiger charge is 2.07. The Bertz CT molecular complexity index is 616. The number of benzene rings is 1. The predicted octanol–water partition coefficient (Wildman–Crippen LogP) is 2.25. The summed E-state index contributed by atoms with van der Waals surface area (Å²) < 4.78 is 0.644. The maximum absolute atomic E-state index is 5.88. The molecule has 0 bridgehead atoms. The quantitative estimate of drug-likeness (QED) is 0.404. The second-order valence-corrected chi connectivity index (χ2v) is 5.75. The standard InChI is InChI=1S/C14H15N5S2/c1-19(18-13(15)12-9-16-7-8-17-12)14(20)21-10-11-5-3-2-4-6-11/h2-9H,10H2,1H3,(H2,15,18). The van der Waals surface area contributed by atoms with Gasteiger partial charge in [0.2, 0.25) is 0 Å². The number of nitrogens with two attached hydrogens (primary N) is 1. The van der Waals surface area contributed by atoms with Gasteiger partial charge in [0.05, 0.1) is 6.20 Å². The van der Waals surface area contributed by atoms with E-state index in [-0.39, 0.29) is 5.84 Å². The van der Waals surface area contributed by atoms with Crippen LogP contribution in [-0.2, 0) is 5.75 Å². The number of thiocarbonyl (C=S) groups is 1. The first-order chi connectivity index (χ1) is 10.2. The Morgan fingerprint density at radius 1 is 1.33 bits per heavy atom. The van der Waals surface area contributed by atoms with Gasteiger partial charge in [-0.2, -0.15) is 5.10 Å². The van der Waals surface area contributed by atoms with Crippen LogP contribution in [0.2, 0.25) is 0 Å². The molecule has 0 unspecified atom stereocenters. The summed E-state index contributed by atoms with van der Waals surface area (Å²) in [5.41, 5.74) is 7.62. The first-order valence-corrected chi connectivity index (χ1v) is 7.61. The molecule has 0 atom stereocenters. The minimum Gasteiger partial charge on any atom is -0.380 e. The lowest BCUT2D eigenvalue weighted by atomic mass is 10.2. The van der Waals surface area contributed by atoms with Crippen LogP contribution in [0.15, 0.2) is 54.0 Å². The van der Waals surface area contributed by atoms with E-state index in [1.165, 1.54) is 17.3 Å². The lowest BCUT2D eigenvalue weighted by Gasteiger charge is -2.14. The van der Waals surface area contributed by atoms with Gasteiger partial charge < -0.3 is 5.73 Å². The van der Waals surface area contributed by atoms with Crippen LogP contribution in [-0.4, -0.2) is 32.2 Å². The molecule has 2 aromatic rings. The van der Waals surface area contributed by atoms with Crippen molar-refractivity contribution in [3.8, 4) is 0 Å². The highest BCUT2D eigenvalue weighted by atomic mass is 32.2. The van der Waals surface area contributed by atoms with E-state index in [0.717, 1.165) is 5.75 Å². The normalized spacial score (nSPS) is 11.2. The summed E-state index contributed by atoms with van der Waals surface area (Å²) in [5.74, 6) is 1.08. The fourth-order valence-electron chi connectivity index (χ4n) is 1.50. The van der Waals surface area contributed by atoms with E-state index in [2.05, 4.69) is 27.2 Å². The fourth-order valence-corrected chi connectivity index (χ4v) is 2.43. The van der Waals surface area contributed by atoms with Gasteiger partial charge in [-0.15, -0.1) is 0 Å². The number of hydrogen-bond donors (Lipinski definition) is 1. The van der Waals surface area contributed by atoms with Crippen molar-refractivity contribution in [2.75, 3.05) is 7.05 Å². The number of hydrogen-bond acceptors (Lipinski definition) is 5. The van der Waals surface area contributed by atoms with Gasteiger partial charge in [-0.1, -0.05) is 54.3 Å². The van der Waals surface area contributed by atoms with Crippen LogP contribution < -0.4 is 5.73 Å². The molecule has 0 saturated heterocycles. The first-order valence-electron chi connectivity index (χ1n) is 6.21. The van der Waals surface area contributed by atoms with Crippen LogP contribution in [0, 0.1) is 0 Å². The molecule has 0 amide bonds. The third kappa shape index (κ3) is 4.80. The summed E-state index contributed by atoms with van der Waals surface area (Å²) in [7, 11) is 1.77. The first kappa shape index (κ1) is 15.4. The lowest BCUT2D eigenvalue weighted by molar-refractivity contribution is 0.564. The van der Waals surface area contributed by atoms with Crippen LogP contribution in [0.5, 0.6) is 0 Å². The molecule has 2 N–H and O–H groups in total. The van der Waals surface area contributed by atoms with Gasteiger partial charge in [0.25, 0.3) is 0 Å². The van der Waals surface area contributed by atoms with Crippen LogP contribution in [0.4, 0.5) is 0 Å². The van der Waals surface area contributed by atoms with Gasteiger partial charge in [0.1, 0.15) is 5.69 Å². The number of rotatable bonds is 4. The van der Waals surface area contributed by atoms with E-state index in [4.69, 9.17) is 18.0 Å². The molecule has 0 fully saturated rings. The van der Waals surface area contributed by atoms with Crippen LogP contribution >= 0.6 is 24.0 Å². The van der Waals surface area contributed by atoms with E-state index in [9.17, 15) is 0 Å². The van der Waals surface area contributed by atoms with Crippen molar-refractivity contribution in [2.24, 2.45) is 10.8 Å². The largest absolute Gasteiger partial charge is 0.380 e. The maximum Gasteiger partial charge on any atom is 0.171 e. The monoisotopic (exact) mass is 317 g/mol. The van der Waals surface area contributed by atoms with Gasteiger partial charge in [0, 0.05) is 25.2 Å². The SMILES string of the molecule is CN(/N=C(\N)c1cnccn1)C(=S)SCc1ccccc1. The number of thioether (sulfide) groups is 1. The zero-order valence-electron chi connectivity index (χ0n) is 11.5. The Kier molecular flexibility index (Phi) is 5.65. The Balaban J connectivity index is 1.93. The summed E-state index contributed by atoms with van der Waals surface area (Å²) in [4.78, 5) is 8.04. The molecule has 1 aromatic carbocycles. The third-order valence-corrected chi connectivity index (χ3v) is 4.16. The van der Waals surface area contributed by atoms with Gasteiger partial charge >= 0.3 is 0 Å². The summed E-state index contributed by atoms with van der Waals surface area (Å²) >= 11 is 6.87. The molecule has 0 aliphatic rings. The smallest absolute Gasteiger partial charge is 0.171 e. The molecule has 108 valence electrons. The zero-order chi connectivity index (χ0) is 15.1. The van der Waals surface area contributed by atoms with Crippen LogP contribution in [0.3, 0.4) is 0 Å². The molecule has 1 aromatic heterocycles. The minimum absolute atomic E-state index is 0.285. The topological polar surface area (TPSA) is 67.4 Å². The lowest BCUT2D eigenvalue weighted by Crippen LogP contribution is -2.24. The average molecular weight is 317 g/mol. The molecule has 0 saturated carbocycles. The molecule has 0 radical (unpaired) electrons. The average Bonchev–Trinajstić information content (AvgIpc) is 2.54. The Morgan fingerprint density at radius 3 is 2.76 bits per heavy atom. The summed E-state index contributed by atoms with van der Waals surface area (Å²) in [6, 6.07) is 10.1. The van der Waals surface area contributed by atoms with Crippen molar-refractivity contribution in [1.82, 2.24) is 15.0 Å². The number of nitrogens with zero attached hydrogens (tertiary/aromatic N) is 4. The molecule has 5 nitrogen and oxygen atoms in total. The van der Waals surface area contributed by atoms with E-state index >= 15 is 0 Å². The molecule has 2 rings (SSSR count). The molecule has 0 aliphatic heterocycles. The zero-order valence-corrected chi connectivity index (χ0v) is 13.1. The van der Waals surface area contributed by atoms with Gasteiger partial charge in [-0.3, -0.25) is 4.98 Å². The van der Waals surface area contributed by atoms with E-state index < -0.39 is 0 Å². The highest BCUT2D eigenvalue weighted by molar-refractivity contribution is 8.22. The van der Waals surface area contributed by atoms with Crippen LogP contribution in [0.25, 0.3) is 0 Å². The van der Waals surface area contributed by atoms with E-state index in [1.807, 2.05) is 18.2 Å². The Hall–Kier alpha value is -1.99. The molecular formula is C14H15N5S2. The van der Waals surface area contributed by atoms with Gasteiger partial charge in [0.15, 0.2) is 10.2 Å². The van der Waals surface area contributed by atoms with Crippen molar-refractivity contribution in [1.29, 1.82) is 0 Å². The molecule has 21 heavy (non-hydrogen) atoms. The van der Waals surface area contributed by atoms with Gasteiger partial charge in [-0.25, -0.2) is 9.99 Å². The van der Waals surface area contributed by atoms with E-state index in [1.54, 1.807) is 30.6 Å². The highest BCUT2D eigenvalue weighted by Crippen LogP contribution is 2.15. The van der Waals surface area contributed by atoms with Crippen molar-refractivity contribution in [3.63, 3.8) is 0 Å². The number of amidine groups is 1. The maximum atomic E-state index is 5.88. The Labute approximate surface area is 133 Å². The number of aromatic nitrogens is 2. The summed E-state index contributed by atoms with van der Waals surface area (Å²) in [5, 5.41) is 5.80. The van der Waals surface area contributed by atoms with Crippen molar-refractivity contribution in [2.45, 2.75) is 5.75 Å². The second kappa shape index (κ2) is 7.70.